The molecular formula is C34H31F4N7O2. The zero-order chi connectivity index (χ0) is 32.4. The number of nitrogens with zero attached hydrogens (tertiary/aromatic N) is 5. The van der Waals surface area contributed by atoms with Crippen molar-refractivity contribution in [2.45, 2.75) is 68.3 Å². The van der Waals surface area contributed by atoms with Gasteiger partial charge in [-0.05, 0) is 49.8 Å². The number of fused-ring (bicyclic) bond motifs is 7. The van der Waals surface area contributed by atoms with Crippen molar-refractivity contribution in [1.82, 2.24) is 25.2 Å². The fraction of sp³-hybridized carbons (Fsp3) is 0.441. The van der Waals surface area contributed by atoms with Gasteiger partial charge < -0.3 is 25.4 Å². The summed E-state index contributed by atoms with van der Waals surface area (Å²) in [5.41, 5.74) is 5.57. The molecule has 7 heterocycles. The van der Waals surface area contributed by atoms with Gasteiger partial charge in [0.2, 0.25) is 5.88 Å². The van der Waals surface area contributed by atoms with Crippen LogP contribution in [-0.4, -0.2) is 81.8 Å². The van der Waals surface area contributed by atoms with Crippen LogP contribution in [0, 0.1) is 24.0 Å². The Morgan fingerprint density at radius 1 is 1.17 bits per heavy atom. The number of terminal acetylenes is 1. The van der Waals surface area contributed by atoms with Gasteiger partial charge in [0.1, 0.15) is 40.9 Å². The highest BCUT2D eigenvalue weighted by Crippen LogP contribution is 2.49. The highest BCUT2D eigenvalue weighted by atomic mass is 19.3. The van der Waals surface area contributed by atoms with E-state index in [0.717, 1.165) is 12.8 Å². The van der Waals surface area contributed by atoms with Crippen molar-refractivity contribution in [3.8, 4) is 35.5 Å². The van der Waals surface area contributed by atoms with Gasteiger partial charge in [0.05, 0.1) is 23.7 Å². The maximum absolute atomic E-state index is 17.1. The Hall–Kier alpha value is -4.41. The molecule has 13 heteroatoms. The number of nitrogen functional groups attached to an aromatic ring is 1. The number of halogens is 4. The molecule has 0 aliphatic carbocycles. The molecule has 4 fully saturated rings. The maximum atomic E-state index is 17.1. The lowest BCUT2D eigenvalue weighted by atomic mass is 9.85. The first-order valence-electron chi connectivity index (χ1n) is 15.9. The van der Waals surface area contributed by atoms with E-state index in [1.54, 1.807) is 11.0 Å². The Balaban J connectivity index is 1.26. The number of rotatable bonds is 4. The van der Waals surface area contributed by atoms with Crippen LogP contribution >= 0.6 is 0 Å². The van der Waals surface area contributed by atoms with Crippen LogP contribution in [0.15, 0.2) is 24.3 Å². The van der Waals surface area contributed by atoms with Gasteiger partial charge in [-0.15, -0.1) is 6.42 Å². The standard InChI is InChI=1S/C34H31F4N7O2/c1-3-20-22(35)6-4-17-10-18(39)11-21(24(17)20)27-26(36)28-25-30(43-32(42-28)46-15-33-8-9-44(33)14-34(37,38)13-33)45-12-19-5-7-23(40-19)29(45)16(2)47-31(25)41-27/h1,4,6,10-11,16,19,23,29,40H,5,7-9,12-15,39H2,2H3/t16-,19+,23-,29+,33+/m0/s1. The van der Waals surface area contributed by atoms with Crippen molar-refractivity contribution in [2.24, 2.45) is 0 Å². The molecule has 2 bridgehead atoms. The third-order valence-electron chi connectivity index (χ3n) is 10.7. The Kier molecular flexibility index (Phi) is 6.01. The van der Waals surface area contributed by atoms with Crippen LogP contribution in [0.25, 0.3) is 32.9 Å². The molecule has 5 atom stereocenters. The van der Waals surface area contributed by atoms with Crippen LogP contribution < -0.4 is 25.4 Å². The average molecular weight is 646 g/mol. The van der Waals surface area contributed by atoms with Crippen LogP contribution in [-0.2, 0) is 0 Å². The largest absolute Gasteiger partial charge is 0.472 e. The molecule has 9 nitrogen and oxygen atoms in total. The first-order valence-corrected chi connectivity index (χ1v) is 15.9. The molecule has 0 saturated carbocycles. The number of alkyl halides is 2. The minimum absolute atomic E-state index is 0.0525. The lowest BCUT2D eigenvalue weighted by Gasteiger charge is -2.46. The van der Waals surface area contributed by atoms with Crippen LogP contribution in [0.2, 0.25) is 0 Å². The monoisotopic (exact) mass is 645 g/mol. The van der Waals surface area contributed by atoms with Gasteiger partial charge in [0.25, 0.3) is 5.92 Å². The lowest BCUT2D eigenvalue weighted by Crippen LogP contribution is -2.62. The molecule has 4 saturated heterocycles. The third kappa shape index (κ3) is 4.20. The predicted octanol–water partition coefficient (Wildman–Crippen LogP) is 4.64. The minimum atomic E-state index is -2.81. The Morgan fingerprint density at radius 3 is 2.79 bits per heavy atom. The van der Waals surface area contributed by atoms with Gasteiger partial charge in [-0.25, -0.2) is 22.5 Å². The molecule has 5 aliphatic heterocycles. The normalized spacial score (nSPS) is 28.7. The average Bonchev–Trinajstić information content (AvgIpc) is 3.45. The first kappa shape index (κ1) is 28.8. The summed E-state index contributed by atoms with van der Waals surface area (Å²) in [6.45, 7) is 2.72. The molecule has 0 unspecified atom stereocenters. The van der Waals surface area contributed by atoms with E-state index < -0.39 is 29.2 Å². The third-order valence-corrected chi connectivity index (χ3v) is 10.7. The van der Waals surface area contributed by atoms with Gasteiger partial charge in [-0.3, -0.25) is 4.90 Å². The van der Waals surface area contributed by atoms with E-state index in [0.29, 0.717) is 36.4 Å². The summed E-state index contributed by atoms with van der Waals surface area (Å²) in [7, 11) is 0. The fourth-order valence-corrected chi connectivity index (χ4v) is 8.59. The summed E-state index contributed by atoms with van der Waals surface area (Å²) >= 11 is 0. The van der Waals surface area contributed by atoms with Gasteiger partial charge in [-0.1, -0.05) is 12.0 Å². The van der Waals surface area contributed by atoms with E-state index in [4.69, 9.17) is 31.6 Å². The van der Waals surface area contributed by atoms with Crippen molar-refractivity contribution in [3.63, 3.8) is 0 Å². The number of ether oxygens (including phenoxy) is 2. The second-order valence-electron chi connectivity index (χ2n) is 13.6. The van der Waals surface area contributed by atoms with Crippen LogP contribution in [0.5, 0.6) is 11.9 Å². The highest BCUT2D eigenvalue weighted by molar-refractivity contribution is 6.05. The fourth-order valence-electron chi connectivity index (χ4n) is 8.59. The quantitative estimate of drug-likeness (QED) is 0.187. The van der Waals surface area contributed by atoms with Gasteiger partial charge >= 0.3 is 6.01 Å². The van der Waals surface area contributed by atoms with Gasteiger partial charge in [0.15, 0.2) is 5.82 Å². The molecule has 2 aromatic heterocycles. The van der Waals surface area contributed by atoms with Gasteiger partial charge in [0, 0.05) is 48.2 Å². The number of hydrogen-bond donors (Lipinski definition) is 2. The maximum Gasteiger partial charge on any atom is 0.319 e. The number of aromatic nitrogens is 3. The number of hydrogen-bond acceptors (Lipinski definition) is 9. The van der Waals surface area contributed by atoms with E-state index in [1.165, 1.54) is 18.2 Å². The van der Waals surface area contributed by atoms with E-state index in [1.807, 2.05) is 6.92 Å². The lowest BCUT2D eigenvalue weighted by molar-refractivity contribution is -0.0132. The van der Waals surface area contributed by atoms with Crippen molar-refractivity contribution in [1.29, 1.82) is 0 Å². The Bertz CT molecular complexity index is 2050. The molecule has 242 valence electrons. The molecule has 0 spiro atoms. The summed E-state index contributed by atoms with van der Waals surface area (Å²) in [6.07, 6.45) is 7.49. The topological polar surface area (TPSA) is 102 Å². The zero-order valence-electron chi connectivity index (χ0n) is 25.5. The molecule has 4 aromatic rings. The second kappa shape index (κ2) is 9.81. The summed E-state index contributed by atoms with van der Waals surface area (Å²) in [5.74, 6) is -1.35. The number of piperazine rings is 1. The SMILES string of the molecule is C#Cc1c(F)ccc2cc(N)cc(-c3nc4c5c(nc(OC[C@]67CCN6CC(F)(F)C7)nc5c3F)N3C[C@H]5CC[C@H](N5)[C@H]3[C@H](C)O4)c12. The second-order valence-corrected chi connectivity index (χ2v) is 13.6. The number of benzene rings is 2. The molecule has 2 aromatic carbocycles. The van der Waals surface area contributed by atoms with Crippen molar-refractivity contribution in [3.05, 3.63) is 41.5 Å². The smallest absolute Gasteiger partial charge is 0.319 e. The van der Waals surface area contributed by atoms with Crippen molar-refractivity contribution in [2.75, 3.05) is 36.9 Å². The molecular weight excluding hydrogens is 614 g/mol. The predicted molar refractivity (Wildman–Crippen MR) is 168 cm³/mol. The minimum Gasteiger partial charge on any atom is -0.472 e. The molecule has 0 amide bonds. The summed E-state index contributed by atoms with van der Waals surface area (Å²) in [5, 5.41) is 4.73. The number of pyridine rings is 1. The molecule has 9 rings (SSSR count). The van der Waals surface area contributed by atoms with E-state index in [9.17, 15) is 13.2 Å². The van der Waals surface area contributed by atoms with E-state index in [2.05, 4.69) is 21.1 Å². The Labute approximate surface area is 267 Å². The van der Waals surface area contributed by atoms with Crippen LogP contribution in [0.4, 0.5) is 29.1 Å². The summed E-state index contributed by atoms with van der Waals surface area (Å²) in [6, 6.07) is 5.92. The number of nitrogens with one attached hydrogen (secondary N) is 1. The number of nitrogens with two attached hydrogens (primary N) is 1. The van der Waals surface area contributed by atoms with Crippen molar-refractivity contribution < 1.29 is 27.0 Å². The zero-order valence-corrected chi connectivity index (χ0v) is 25.5. The van der Waals surface area contributed by atoms with Crippen molar-refractivity contribution >= 4 is 33.2 Å². The molecule has 3 N–H and O–H groups in total. The van der Waals surface area contributed by atoms with Crippen LogP contribution in [0.3, 0.4) is 0 Å². The molecule has 47 heavy (non-hydrogen) atoms. The van der Waals surface area contributed by atoms with E-state index in [-0.39, 0.29) is 82.7 Å². The van der Waals surface area contributed by atoms with E-state index >= 15 is 4.39 Å². The Morgan fingerprint density at radius 2 is 2.02 bits per heavy atom. The highest BCUT2D eigenvalue weighted by Gasteiger charge is 2.60. The van der Waals surface area contributed by atoms with Crippen LogP contribution in [0.1, 0.15) is 38.2 Å². The molecule has 0 radical (unpaired) electrons. The van der Waals surface area contributed by atoms with Gasteiger partial charge in [-0.2, -0.15) is 9.97 Å². The summed E-state index contributed by atoms with van der Waals surface area (Å²) in [4.78, 5) is 17.9. The molecule has 5 aliphatic rings. The number of anilines is 2. The first-order chi connectivity index (χ1) is 22.5. The summed E-state index contributed by atoms with van der Waals surface area (Å²) < 4.78 is 73.5.